The van der Waals surface area contributed by atoms with Crippen molar-refractivity contribution in [2.45, 2.75) is 62.9 Å². The maximum Gasteiger partial charge on any atom is 0.242 e. The van der Waals surface area contributed by atoms with Crippen LogP contribution >= 0.6 is 0 Å². The Morgan fingerprint density at radius 3 is 2.48 bits per heavy atom. The van der Waals surface area contributed by atoms with E-state index in [1.54, 1.807) is 9.80 Å². The lowest BCUT2D eigenvalue weighted by Crippen LogP contribution is -2.73. The molecular weight excluding hydrogens is 416 g/mol. The second-order valence-electron chi connectivity index (χ2n) is 9.98. The van der Waals surface area contributed by atoms with Crippen LogP contribution in [0.1, 0.15) is 62.0 Å². The Balaban J connectivity index is 1.29. The van der Waals surface area contributed by atoms with Gasteiger partial charge in [0.15, 0.2) is 0 Å². The third-order valence-corrected chi connectivity index (χ3v) is 7.96. The maximum absolute atomic E-state index is 13.1. The van der Waals surface area contributed by atoms with Crippen molar-refractivity contribution in [2.24, 2.45) is 11.8 Å². The number of fused-ring (bicyclic) bond motifs is 1. The van der Waals surface area contributed by atoms with Gasteiger partial charge in [0.25, 0.3) is 0 Å². The molecular formula is C27H34N2O4. The van der Waals surface area contributed by atoms with Crippen molar-refractivity contribution in [2.75, 3.05) is 32.9 Å². The molecule has 0 spiro atoms. The summed E-state index contributed by atoms with van der Waals surface area (Å²) in [5, 5.41) is 10.0. The highest BCUT2D eigenvalue weighted by Crippen LogP contribution is 2.43. The third-order valence-electron chi connectivity index (χ3n) is 7.96. The van der Waals surface area contributed by atoms with Crippen molar-refractivity contribution in [3.63, 3.8) is 0 Å². The van der Waals surface area contributed by atoms with E-state index in [2.05, 4.69) is 36.1 Å². The van der Waals surface area contributed by atoms with E-state index in [4.69, 9.17) is 4.74 Å². The van der Waals surface area contributed by atoms with Gasteiger partial charge >= 0.3 is 0 Å². The highest BCUT2D eigenvalue weighted by Gasteiger charge is 2.54. The van der Waals surface area contributed by atoms with Gasteiger partial charge in [-0.05, 0) is 43.4 Å². The van der Waals surface area contributed by atoms with Crippen LogP contribution in [0.2, 0.25) is 0 Å². The quantitative estimate of drug-likeness (QED) is 0.719. The summed E-state index contributed by atoms with van der Waals surface area (Å²) in [6.07, 6.45) is 7.77. The number of aliphatic hydroxyl groups excluding tert-OH is 1. The van der Waals surface area contributed by atoms with Gasteiger partial charge in [0.05, 0.1) is 25.2 Å². The van der Waals surface area contributed by atoms with Crippen molar-refractivity contribution in [1.29, 1.82) is 0 Å². The molecule has 6 heteroatoms. The highest BCUT2D eigenvalue weighted by atomic mass is 16.5. The van der Waals surface area contributed by atoms with Gasteiger partial charge in [0, 0.05) is 43.1 Å². The molecule has 3 aliphatic heterocycles. The largest absolute Gasteiger partial charge is 0.394 e. The lowest BCUT2D eigenvalue weighted by Gasteiger charge is -2.59. The number of carbonyl (C=O) groups is 2. The Morgan fingerprint density at radius 2 is 1.79 bits per heavy atom. The molecule has 1 aliphatic carbocycles. The fraction of sp³-hybridized carbons (Fsp3) is 0.630. The summed E-state index contributed by atoms with van der Waals surface area (Å²) in [7, 11) is 0. The van der Waals surface area contributed by atoms with E-state index in [0.717, 1.165) is 24.0 Å². The normalized spacial score (nSPS) is 28.5. The average Bonchev–Trinajstić information content (AvgIpc) is 2.85. The van der Waals surface area contributed by atoms with Crippen LogP contribution in [0.15, 0.2) is 24.3 Å². The van der Waals surface area contributed by atoms with Gasteiger partial charge in [0.1, 0.15) is 0 Å². The molecule has 1 aromatic rings. The van der Waals surface area contributed by atoms with Crippen molar-refractivity contribution in [1.82, 2.24) is 9.80 Å². The molecule has 1 aromatic carbocycles. The fourth-order valence-corrected chi connectivity index (χ4v) is 6.09. The zero-order valence-electron chi connectivity index (χ0n) is 19.2. The Kier molecular flexibility index (Phi) is 6.71. The van der Waals surface area contributed by atoms with E-state index in [-0.39, 0.29) is 48.9 Å². The molecule has 0 bridgehead atoms. The maximum atomic E-state index is 13.1. The Hall–Kier alpha value is -2.36. The summed E-state index contributed by atoms with van der Waals surface area (Å²) in [5.74, 6) is 7.29. The Bertz CT molecular complexity index is 922. The van der Waals surface area contributed by atoms with Crippen molar-refractivity contribution in [3.05, 3.63) is 35.4 Å². The van der Waals surface area contributed by atoms with Crippen LogP contribution in [-0.4, -0.2) is 71.7 Å². The minimum atomic E-state index is -0.220. The zero-order valence-corrected chi connectivity index (χ0v) is 19.2. The first kappa shape index (κ1) is 22.4. The number of piperazine rings is 1. The fourth-order valence-electron chi connectivity index (χ4n) is 6.09. The van der Waals surface area contributed by atoms with E-state index >= 15 is 0 Å². The monoisotopic (exact) mass is 450 g/mol. The number of carbonyl (C=O) groups excluding carboxylic acids is 2. The summed E-state index contributed by atoms with van der Waals surface area (Å²) >= 11 is 0. The predicted octanol–water partition coefficient (Wildman–Crippen LogP) is 2.54. The molecule has 4 fully saturated rings. The smallest absolute Gasteiger partial charge is 0.242 e. The van der Waals surface area contributed by atoms with Gasteiger partial charge < -0.3 is 19.6 Å². The van der Waals surface area contributed by atoms with Crippen LogP contribution < -0.4 is 0 Å². The number of hydrogen-bond donors (Lipinski definition) is 1. The van der Waals surface area contributed by atoms with Crippen LogP contribution in [0.3, 0.4) is 0 Å². The van der Waals surface area contributed by atoms with Crippen LogP contribution in [0.4, 0.5) is 0 Å². The third kappa shape index (κ3) is 4.54. The van der Waals surface area contributed by atoms with Gasteiger partial charge in [-0.3, -0.25) is 9.59 Å². The number of hydrogen-bond acceptors (Lipinski definition) is 4. The second kappa shape index (κ2) is 9.87. The summed E-state index contributed by atoms with van der Waals surface area (Å²) in [6, 6.07) is 7.97. The molecule has 1 N–H and O–H groups in total. The number of nitrogens with zero attached hydrogens (tertiary/aromatic N) is 2. The van der Waals surface area contributed by atoms with E-state index in [9.17, 15) is 14.7 Å². The zero-order chi connectivity index (χ0) is 22.8. The predicted molar refractivity (Wildman–Crippen MR) is 124 cm³/mol. The summed E-state index contributed by atoms with van der Waals surface area (Å²) in [6.45, 7) is 1.81. The van der Waals surface area contributed by atoms with E-state index in [1.165, 1.54) is 32.1 Å². The van der Waals surface area contributed by atoms with E-state index in [1.807, 2.05) is 0 Å². The molecule has 5 rings (SSSR count). The van der Waals surface area contributed by atoms with E-state index < -0.39 is 0 Å². The second-order valence-corrected chi connectivity index (χ2v) is 9.98. The number of aliphatic hydroxyl groups is 1. The molecule has 2 amide bonds. The molecule has 3 saturated heterocycles. The number of rotatable bonds is 3. The molecule has 0 radical (unpaired) electrons. The number of amides is 2. The van der Waals surface area contributed by atoms with Gasteiger partial charge in [-0.25, -0.2) is 0 Å². The number of benzene rings is 1. The molecule has 1 saturated carbocycles. The minimum Gasteiger partial charge on any atom is -0.394 e. The minimum absolute atomic E-state index is 0.0320. The first-order chi connectivity index (χ1) is 16.2. The molecule has 176 valence electrons. The van der Waals surface area contributed by atoms with Gasteiger partial charge in [-0.15, -0.1) is 0 Å². The Morgan fingerprint density at radius 1 is 1.06 bits per heavy atom. The lowest BCUT2D eigenvalue weighted by molar-refractivity contribution is -0.169. The molecule has 0 unspecified atom stereocenters. The van der Waals surface area contributed by atoms with Crippen LogP contribution in [0.25, 0.3) is 0 Å². The topological polar surface area (TPSA) is 70.1 Å². The first-order valence-electron chi connectivity index (χ1n) is 12.6. The van der Waals surface area contributed by atoms with Crippen LogP contribution in [-0.2, 0) is 14.3 Å². The highest BCUT2D eigenvalue weighted by molar-refractivity contribution is 5.88. The Labute approximate surface area is 196 Å². The molecule has 3 heterocycles. The summed E-state index contributed by atoms with van der Waals surface area (Å²) in [4.78, 5) is 29.5. The van der Waals surface area contributed by atoms with Crippen LogP contribution in [0.5, 0.6) is 0 Å². The first-order valence-corrected chi connectivity index (χ1v) is 12.6. The van der Waals surface area contributed by atoms with Gasteiger partial charge in [-0.2, -0.15) is 0 Å². The average molecular weight is 451 g/mol. The van der Waals surface area contributed by atoms with Gasteiger partial charge in [0.2, 0.25) is 11.8 Å². The molecule has 4 aliphatic rings. The molecule has 3 atom stereocenters. The molecule has 33 heavy (non-hydrogen) atoms. The van der Waals surface area contributed by atoms with E-state index in [0.29, 0.717) is 25.7 Å². The number of ether oxygens (including phenoxy) is 1. The summed E-state index contributed by atoms with van der Waals surface area (Å²) in [5.41, 5.74) is 2.11. The standard InChI is InChI=1S/C27H34N2O4/c30-18-24-26(21-10-8-20(9-11-21)7-6-19-4-2-1-3-5-19)23-16-28(17-25(31)29(23)24)27(32)22-12-14-33-15-13-22/h8-11,19,22-24,26,30H,1-5,12-18H2/t23-,24-,26+/m1/s1. The van der Waals surface area contributed by atoms with Gasteiger partial charge in [-0.1, -0.05) is 43.2 Å². The lowest BCUT2D eigenvalue weighted by atomic mass is 9.73. The molecule has 6 nitrogen and oxygen atoms in total. The molecule has 0 aromatic heterocycles. The van der Waals surface area contributed by atoms with Crippen molar-refractivity contribution >= 4 is 11.8 Å². The van der Waals surface area contributed by atoms with Crippen molar-refractivity contribution < 1.29 is 19.4 Å². The van der Waals surface area contributed by atoms with Crippen molar-refractivity contribution in [3.8, 4) is 11.8 Å². The summed E-state index contributed by atoms with van der Waals surface area (Å²) < 4.78 is 5.39. The SMILES string of the molecule is O=C(C1CCOCC1)N1CC(=O)N2[C@H](CO)[C@@H](c3ccc(C#CC4CCCCC4)cc3)[C@H]2C1. The van der Waals surface area contributed by atoms with Crippen LogP contribution in [0, 0.1) is 23.7 Å².